The molecule has 1 aliphatic heterocycles. The number of hydrogen-bond acceptors (Lipinski definition) is 4. The van der Waals surface area contributed by atoms with Crippen LogP contribution in [0.5, 0.6) is 0 Å². The Hall–Kier alpha value is -0.130. The van der Waals surface area contributed by atoms with Gasteiger partial charge in [-0.2, -0.15) is 0 Å². The van der Waals surface area contributed by atoms with Crippen molar-refractivity contribution < 1.29 is 8.42 Å². The minimum absolute atomic E-state index is 0.284. The largest absolute Gasteiger partial charge is 0.316 e. The van der Waals surface area contributed by atoms with E-state index in [1.54, 1.807) is 20.8 Å². The molecule has 5 heteroatoms. The van der Waals surface area contributed by atoms with Crippen LogP contribution in [-0.4, -0.2) is 56.5 Å². The van der Waals surface area contributed by atoms with Crippen LogP contribution < -0.4 is 5.32 Å². The van der Waals surface area contributed by atoms with Crippen LogP contribution in [0.2, 0.25) is 0 Å². The van der Waals surface area contributed by atoms with E-state index in [-0.39, 0.29) is 5.75 Å². The van der Waals surface area contributed by atoms with Crippen molar-refractivity contribution in [3.05, 3.63) is 0 Å². The Morgan fingerprint density at radius 2 is 1.76 bits per heavy atom. The van der Waals surface area contributed by atoms with Crippen LogP contribution in [0.3, 0.4) is 0 Å². The van der Waals surface area contributed by atoms with Crippen LogP contribution in [-0.2, 0) is 9.84 Å². The second-order valence-corrected chi connectivity index (χ2v) is 10.6. The van der Waals surface area contributed by atoms with Gasteiger partial charge in [-0.1, -0.05) is 13.8 Å². The summed E-state index contributed by atoms with van der Waals surface area (Å²) in [5.41, 5.74) is 0. The van der Waals surface area contributed by atoms with Crippen molar-refractivity contribution in [2.45, 2.75) is 52.2 Å². The van der Waals surface area contributed by atoms with Crippen molar-refractivity contribution in [3.8, 4) is 0 Å². The highest BCUT2D eigenvalue weighted by molar-refractivity contribution is 7.92. The molecule has 1 saturated heterocycles. The third-order valence-electron chi connectivity index (χ3n) is 4.30. The van der Waals surface area contributed by atoms with Gasteiger partial charge in [0.15, 0.2) is 9.84 Å². The Bertz CT molecular complexity index is 391. The zero-order valence-corrected chi connectivity index (χ0v) is 15.3. The van der Waals surface area contributed by atoms with Gasteiger partial charge < -0.3 is 10.2 Å². The molecule has 4 nitrogen and oxygen atoms in total. The molecule has 0 atom stereocenters. The molecule has 0 spiro atoms. The molecular weight excluding hydrogens is 284 g/mol. The number of nitrogens with one attached hydrogen (secondary N) is 1. The second kappa shape index (κ2) is 7.93. The lowest BCUT2D eigenvalue weighted by molar-refractivity contribution is 0.190. The Balaban J connectivity index is 2.25. The molecule has 126 valence electrons. The van der Waals surface area contributed by atoms with Crippen LogP contribution in [0.4, 0.5) is 0 Å². The van der Waals surface area contributed by atoms with Crippen LogP contribution in [0.15, 0.2) is 0 Å². The van der Waals surface area contributed by atoms with Gasteiger partial charge in [0.2, 0.25) is 0 Å². The van der Waals surface area contributed by atoms with Crippen LogP contribution in [0.1, 0.15) is 47.5 Å². The molecule has 0 aromatic rings. The van der Waals surface area contributed by atoms with E-state index in [9.17, 15) is 8.42 Å². The van der Waals surface area contributed by atoms with Crippen LogP contribution in [0, 0.1) is 11.8 Å². The number of rotatable bonds is 7. The SMILES string of the molecule is CC(C)CNCC1CCN(CCS(=O)(=O)C(C)(C)C)CC1. The lowest BCUT2D eigenvalue weighted by Gasteiger charge is -2.32. The molecule has 1 rings (SSSR count). The molecule has 0 bridgehead atoms. The van der Waals surface area contributed by atoms with Crippen molar-refractivity contribution >= 4 is 9.84 Å². The third-order valence-corrected chi connectivity index (χ3v) is 6.89. The number of piperidine rings is 1. The molecule has 0 radical (unpaired) electrons. The number of likely N-dealkylation sites (tertiary alicyclic amines) is 1. The Morgan fingerprint density at radius 3 is 2.24 bits per heavy atom. The number of sulfone groups is 1. The van der Waals surface area contributed by atoms with Gasteiger partial charge in [0.1, 0.15) is 0 Å². The van der Waals surface area contributed by atoms with E-state index >= 15 is 0 Å². The fourth-order valence-electron chi connectivity index (χ4n) is 2.55. The highest BCUT2D eigenvalue weighted by atomic mass is 32.2. The molecule has 1 aliphatic rings. The summed E-state index contributed by atoms with van der Waals surface area (Å²) in [5.74, 6) is 1.74. The molecule has 1 N–H and O–H groups in total. The first-order chi connectivity index (χ1) is 9.62. The molecule has 0 aliphatic carbocycles. The average Bonchev–Trinajstić information content (AvgIpc) is 2.36. The molecule has 21 heavy (non-hydrogen) atoms. The maximum absolute atomic E-state index is 12.1. The van der Waals surface area contributed by atoms with Gasteiger partial charge in [0.25, 0.3) is 0 Å². The third kappa shape index (κ3) is 6.66. The molecule has 1 fully saturated rings. The van der Waals surface area contributed by atoms with Gasteiger partial charge in [-0.3, -0.25) is 0 Å². The molecular formula is C16H34N2O2S. The molecule has 0 saturated carbocycles. The smallest absolute Gasteiger partial charge is 0.156 e. The predicted molar refractivity (Wildman–Crippen MR) is 90.4 cm³/mol. The highest BCUT2D eigenvalue weighted by Crippen LogP contribution is 2.19. The van der Waals surface area contributed by atoms with Crippen molar-refractivity contribution in [2.24, 2.45) is 11.8 Å². The standard InChI is InChI=1S/C16H34N2O2S/c1-14(2)12-17-13-15-6-8-18(9-7-15)10-11-21(19,20)16(3,4)5/h14-15,17H,6-13H2,1-5H3. The normalized spacial score (nSPS) is 19.3. The van der Waals surface area contributed by atoms with Gasteiger partial charge in [0, 0.05) is 6.54 Å². The van der Waals surface area contributed by atoms with Gasteiger partial charge in [-0.15, -0.1) is 0 Å². The monoisotopic (exact) mass is 318 g/mol. The predicted octanol–water partition coefficient (Wildman–Crippen LogP) is 2.16. The summed E-state index contributed by atoms with van der Waals surface area (Å²) in [5, 5.41) is 3.53. The number of nitrogens with zero attached hydrogens (tertiary/aromatic N) is 1. The molecule has 0 unspecified atom stereocenters. The molecule has 0 amide bonds. The fraction of sp³-hybridized carbons (Fsp3) is 1.00. The van der Waals surface area contributed by atoms with Gasteiger partial charge in [-0.05, 0) is 71.6 Å². The summed E-state index contributed by atoms with van der Waals surface area (Å²) >= 11 is 0. The summed E-state index contributed by atoms with van der Waals surface area (Å²) in [6.07, 6.45) is 2.36. The molecule has 0 aromatic heterocycles. The van der Waals surface area contributed by atoms with Gasteiger partial charge in [-0.25, -0.2) is 8.42 Å². The quantitative estimate of drug-likeness (QED) is 0.781. The van der Waals surface area contributed by atoms with Crippen LogP contribution >= 0.6 is 0 Å². The topological polar surface area (TPSA) is 49.4 Å². The number of hydrogen-bond donors (Lipinski definition) is 1. The van der Waals surface area contributed by atoms with Crippen molar-refractivity contribution in [2.75, 3.05) is 38.5 Å². The first-order valence-corrected chi connectivity index (χ1v) is 9.92. The van der Waals surface area contributed by atoms with E-state index in [0.717, 1.165) is 32.1 Å². The van der Waals surface area contributed by atoms with E-state index < -0.39 is 14.6 Å². The summed E-state index contributed by atoms with van der Waals surface area (Å²) in [6.45, 7) is 14.8. The van der Waals surface area contributed by atoms with E-state index in [1.807, 2.05) is 0 Å². The zero-order chi connectivity index (χ0) is 16.1. The highest BCUT2D eigenvalue weighted by Gasteiger charge is 2.29. The fourth-order valence-corrected chi connectivity index (χ4v) is 3.66. The van der Waals surface area contributed by atoms with Gasteiger partial charge in [0.05, 0.1) is 10.5 Å². The van der Waals surface area contributed by atoms with Crippen LogP contribution in [0.25, 0.3) is 0 Å². The Morgan fingerprint density at radius 1 is 1.19 bits per heavy atom. The summed E-state index contributed by atoms with van der Waals surface area (Å²) < 4.78 is 23.6. The molecule has 1 heterocycles. The minimum atomic E-state index is -2.99. The van der Waals surface area contributed by atoms with Crippen molar-refractivity contribution in [1.29, 1.82) is 0 Å². The van der Waals surface area contributed by atoms with Gasteiger partial charge >= 0.3 is 0 Å². The summed E-state index contributed by atoms with van der Waals surface area (Å²) in [7, 11) is -2.99. The Labute approximate surface area is 131 Å². The maximum Gasteiger partial charge on any atom is 0.156 e. The molecule has 0 aromatic carbocycles. The first-order valence-electron chi connectivity index (χ1n) is 8.27. The maximum atomic E-state index is 12.1. The summed E-state index contributed by atoms with van der Waals surface area (Å²) in [4.78, 5) is 2.31. The summed E-state index contributed by atoms with van der Waals surface area (Å²) in [6, 6.07) is 0. The van der Waals surface area contributed by atoms with E-state index in [0.29, 0.717) is 12.5 Å². The second-order valence-electron chi connectivity index (χ2n) is 7.77. The van der Waals surface area contributed by atoms with E-state index in [4.69, 9.17) is 0 Å². The Kier molecular flexibility index (Phi) is 7.14. The van der Waals surface area contributed by atoms with E-state index in [1.165, 1.54) is 12.8 Å². The zero-order valence-electron chi connectivity index (χ0n) is 14.5. The van der Waals surface area contributed by atoms with E-state index in [2.05, 4.69) is 24.1 Å². The lowest BCUT2D eigenvalue weighted by Crippen LogP contribution is -2.41. The first kappa shape index (κ1) is 18.9. The van der Waals surface area contributed by atoms with Crippen molar-refractivity contribution in [3.63, 3.8) is 0 Å². The average molecular weight is 319 g/mol. The minimum Gasteiger partial charge on any atom is -0.316 e. The van der Waals surface area contributed by atoms with Crippen molar-refractivity contribution in [1.82, 2.24) is 10.2 Å². The lowest BCUT2D eigenvalue weighted by atomic mass is 9.96.